The number of rotatable bonds is 8. The summed E-state index contributed by atoms with van der Waals surface area (Å²) in [6, 6.07) is 13.8. The number of carbonyl (C=O) groups excluding carboxylic acids is 3. The first kappa shape index (κ1) is 25.0. The maximum Gasteiger partial charge on any atom is 0.344 e. The van der Waals surface area contributed by atoms with E-state index < -0.39 is 11.9 Å². The molecule has 0 aromatic heterocycles. The molecule has 1 heterocycles. The van der Waals surface area contributed by atoms with Crippen molar-refractivity contribution < 1.29 is 28.6 Å². The van der Waals surface area contributed by atoms with Gasteiger partial charge in [-0.25, -0.2) is 14.6 Å². The number of aliphatic imine (C=N–C) groups is 1. The summed E-state index contributed by atoms with van der Waals surface area (Å²) in [6.45, 7) is 5.40. The summed E-state index contributed by atoms with van der Waals surface area (Å²) >= 11 is 1.23. The second kappa shape index (κ2) is 11.5. The molecule has 1 aliphatic heterocycles. The summed E-state index contributed by atoms with van der Waals surface area (Å²) < 4.78 is 15.6. The van der Waals surface area contributed by atoms with Gasteiger partial charge in [-0.1, -0.05) is 18.2 Å². The number of ether oxygens (including phenoxy) is 3. The highest BCUT2D eigenvalue weighted by molar-refractivity contribution is 8.18. The molecule has 1 amide bonds. The molecule has 1 saturated heterocycles. The van der Waals surface area contributed by atoms with Crippen molar-refractivity contribution in [3.8, 4) is 5.75 Å². The van der Waals surface area contributed by atoms with Gasteiger partial charge in [0.2, 0.25) is 0 Å². The number of esters is 2. The molecule has 0 spiro atoms. The van der Waals surface area contributed by atoms with Crippen LogP contribution in [0.2, 0.25) is 0 Å². The molecule has 9 heteroatoms. The second-order valence-corrected chi connectivity index (χ2v) is 8.55. The van der Waals surface area contributed by atoms with Crippen molar-refractivity contribution >= 4 is 46.5 Å². The first-order valence-corrected chi connectivity index (χ1v) is 11.5. The number of benzene rings is 2. The van der Waals surface area contributed by atoms with Crippen LogP contribution in [0.1, 0.15) is 36.7 Å². The predicted molar refractivity (Wildman–Crippen MR) is 131 cm³/mol. The third-order valence-electron chi connectivity index (χ3n) is 4.47. The van der Waals surface area contributed by atoms with E-state index >= 15 is 0 Å². The van der Waals surface area contributed by atoms with Gasteiger partial charge in [0.1, 0.15) is 5.75 Å². The van der Waals surface area contributed by atoms with Gasteiger partial charge < -0.3 is 14.2 Å². The lowest BCUT2D eigenvalue weighted by Crippen LogP contribution is -2.23. The fraction of sp³-hybridized carbons (Fsp3) is 0.280. The van der Waals surface area contributed by atoms with E-state index in [0.29, 0.717) is 27.1 Å². The van der Waals surface area contributed by atoms with Crippen LogP contribution in [0.5, 0.6) is 5.75 Å². The average Bonchev–Trinajstić information content (AvgIpc) is 3.05. The molecular formula is C25H26N2O6S. The van der Waals surface area contributed by atoms with Crippen LogP contribution in [-0.4, -0.2) is 54.3 Å². The Balaban J connectivity index is 1.76. The summed E-state index contributed by atoms with van der Waals surface area (Å²) in [6.07, 6.45) is 1.51. The standard InChI is InChI=1S/C25H26N2O6S/c1-5-31-22(28)15-32-20-11-6-8-17(12-20)13-21-23(29)27(4)25(34-21)26-19-10-7-9-18(14-19)24(30)33-16(2)3/h6-14,16H,5,15H2,1-4H3/b21-13-,26-25?. The molecule has 0 radical (unpaired) electrons. The fourth-order valence-electron chi connectivity index (χ4n) is 2.94. The van der Waals surface area contributed by atoms with Gasteiger partial charge in [0.05, 0.1) is 28.9 Å². The number of amidine groups is 1. The van der Waals surface area contributed by atoms with Crippen LogP contribution < -0.4 is 4.74 Å². The normalized spacial score (nSPS) is 15.8. The zero-order valence-corrected chi connectivity index (χ0v) is 20.3. The highest BCUT2D eigenvalue weighted by Gasteiger charge is 2.30. The van der Waals surface area contributed by atoms with Crippen molar-refractivity contribution in [2.75, 3.05) is 20.3 Å². The van der Waals surface area contributed by atoms with Crippen LogP contribution >= 0.6 is 11.8 Å². The molecular weight excluding hydrogens is 456 g/mol. The number of carbonyl (C=O) groups is 3. The van der Waals surface area contributed by atoms with Gasteiger partial charge in [-0.3, -0.25) is 9.69 Å². The third-order valence-corrected chi connectivity index (χ3v) is 5.53. The van der Waals surface area contributed by atoms with Gasteiger partial charge in [0, 0.05) is 7.05 Å². The quantitative estimate of drug-likeness (QED) is 0.406. The highest BCUT2D eigenvalue weighted by Crippen LogP contribution is 2.33. The Bertz CT molecular complexity index is 1140. The first-order valence-electron chi connectivity index (χ1n) is 10.7. The monoisotopic (exact) mass is 482 g/mol. The van der Waals surface area contributed by atoms with Crippen molar-refractivity contribution in [2.45, 2.75) is 26.9 Å². The van der Waals surface area contributed by atoms with E-state index in [1.54, 1.807) is 76.4 Å². The molecule has 0 aliphatic carbocycles. The molecule has 0 atom stereocenters. The predicted octanol–water partition coefficient (Wildman–Crippen LogP) is 4.43. The maximum absolute atomic E-state index is 12.8. The molecule has 8 nitrogen and oxygen atoms in total. The lowest BCUT2D eigenvalue weighted by atomic mass is 10.2. The number of hydrogen-bond donors (Lipinski definition) is 0. The van der Waals surface area contributed by atoms with Crippen molar-refractivity contribution in [2.24, 2.45) is 4.99 Å². The number of amides is 1. The smallest absolute Gasteiger partial charge is 0.344 e. The largest absolute Gasteiger partial charge is 0.482 e. The van der Waals surface area contributed by atoms with E-state index in [0.717, 1.165) is 5.56 Å². The van der Waals surface area contributed by atoms with Crippen molar-refractivity contribution in [1.82, 2.24) is 4.90 Å². The molecule has 3 rings (SSSR count). The van der Waals surface area contributed by atoms with Crippen LogP contribution in [-0.2, 0) is 19.1 Å². The van der Waals surface area contributed by atoms with Gasteiger partial charge in [0.15, 0.2) is 11.8 Å². The van der Waals surface area contributed by atoms with Crippen molar-refractivity contribution in [3.63, 3.8) is 0 Å². The van der Waals surface area contributed by atoms with Gasteiger partial charge >= 0.3 is 11.9 Å². The molecule has 2 aromatic rings. The summed E-state index contributed by atoms with van der Waals surface area (Å²) in [5.41, 5.74) is 1.67. The van der Waals surface area contributed by atoms with Crippen LogP contribution in [0, 0.1) is 0 Å². The number of nitrogens with zero attached hydrogens (tertiary/aromatic N) is 2. The van der Waals surface area contributed by atoms with E-state index in [1.165, 1.54) is 16.7 Å². The Morgan fingerprint density at radius 1 is 1.15 bits per heavy atom. The maximum atomic E-state index is 12.8. The van der Waals surface area contributed by atoms with E-state index in [4.69, 9.17) is 14.2 Å². The molecule has 0 saturated carbocycles. The summed E-state index contributed by atoms with van der Waals surface area (Å²) in [4.78, 5) is 42.9. The Kier molecular flexibility index (Phi) is 8.48. The average molecular weight is 483 g/mol. The summed E-state index contributed by atoms with van der Waals surface area (Å²) in [5, 5.41) is 0.486. The Morgan fingerprint density at radius 2 is 1.91 bits per heavy atom. The van der Waals surface area contributed by atoms with E-state index in [9.17, 15) is 14.4 Å². The molecule has 0 N–H and O–H groups in total. The molecule has 34 heavy (non-hydrogen) atoms. The lowest BCUT2D eigenvalue weighted by molar-refractivity contribution is -0.145. The molecule has 1 aliphatic rings. The molecule has 2 aromatic carbocycles. The zero-order valence-electron chi connectivity index (χ0n) is 19.4. The highest BCUT2D eigenvalue weighted by atomic mass is 32.2. The van der Waals surface area contributed by atoms with Gasteiger partial charge in [-0.05, 0) is 74.5 Å². The first-order chi connectivity index (χ1) is 16.3. The van der Waals surface area contributed by atoms with Crippen molar-refractivity contribution in [1.29, 1.82) is 0 Å². The van der Waals surface area contributed by atoms with Crippen LogP contribution in [0.15, 0.2) is 58.4 Å². The topological polar surface area (TPSA) is 94.5 Å². The molecule has 1 fully saturated rings. The van der Waals surface area contributed by atoms with Gasteiger partial charge in [-0.15, -0.1) is 0 Å². The minimum Gasteiger partial charge on any atom is -0.482 e. The van der Waals surface area contributed by atoms with Crippen LogP contribution in [0.4, 0.5) is 5.69 Å². The molecule has 0 unspecified atom stereocenters. The number of thioether (sulfide) groups is 1. The van der Waals surface area contributed by atoms with Crippen LogP contribution in [0.3, 0.4) is 0 Å². The minimum atomic E-state index is -0.447. The lowest BCUT2D eigenvalue weighted by Gasteiger charge is -2.09. The number of likely N-dealkylation sites (N-methyl/N-ethyl adjacent to an activating group) is 1. The van der Waals surface area contributed by atoms with Crippen molar-refractivity contribution in [3.05, 3.63) is 64.6 Å². The SMILES string of the molecule is CCOC(=O)COc1cccc(/C=C2\SC(=Nc3cccc(C(=O)OC(C)C)c3)N(C)C2=O)c1. The van der Waals surface area contributed by atoms with Gasteiger partial charge in [-0.2, -0.15) is 0 Å². The molecule has 0 bridgehead atoms. The second-order valence-electron chi connectivity index (χ2n) is 7.54. The fourth-order valence-corrected chi connectivity index (χ4v) is 3.92. The third kappa shape index (κ3) is 6.71. The Labute approximate surface area is 202 Å². The van der Waals surface area contributed by atoms with E-state index in [1.807, 2.05) is 6.07 Å². The van der Waals surface area contributed by atoms with Crippen LogP contribution in [0.25, 0.3) is 6.08 Å². The Hall–Kier alpha value is -3.59. The van der Waals surface area contributed by atoms with E-state index in [2.05, 4.69) is 4.99 Å². The van der Waals surface area contributed by atoms with Gasteiger partial charge in [0.25, 0.3) is 5.91 Å². The van der Waals surface area contributed by atoms with E-state index in [-0.39, 0.29) is 25.2 Å². The Morgan fingerprint density at radius 3 is 2.65 bits per heavy atom. The molecule has 178 valence electrons. The summed E-state index contributed by atoms with van der Waals surface area (Å²) in [5.74, 6) is -0.579. The zero-order chi connectivity index (χ0) is 24.7. The number of hydrogen-bond acceptors (Lipinski definition) is 8. The minimum absolute atomic E-state index is 0.190. The summed E-state index contributed by atoms with van der Waals surface area (Å²) in [7, 11) is 1.64.